The molecule has 1 aromatic rings. The molecule has 102 valence electrons. The average Bonchev–Trinajstić information content (AvgIpc) is 2.88. The second-order valence-electron chi connectivity index (χ2n) is 4.77. The Hall–Kier alpha value is -0.920. The molecule has 0 aromatic carbocycles. The molecule has 1 aromatic heterocycles. The van der Waals surface area contributed by atoms with Gasteiger partial charge in [0, 0.05) is 32.9 Å². The van der Waals surface area contributed by atoms with Crippen molar-refractivity contribution in [2.45, 2.75) is 24.8 Å². The van der Waals surface area contributed by atoms with Crippen LogP contribution in [0.3, 0.4) is 0 Å². The lowest BCUT2D eigenvalue weighted by Gasteiger charge is -2.14. The van der Waals surface area contributed by atoms with Gasteiger partial charge in [-0.25, -0.2) is 13.4 Å². The molecule has 1 aliphatic rings. The highest BCUT2D eigenvalue weighted by molar-refractivity contribution is 7.89. The molecule has 1 aliphatic heterocycles. The maximum absolute atomic E-state index is 12.3. The van der Waals surface area contributed by atoms with E-state index in [0.29, 0.717) is 25.3 Å². The van der Waals surface area contributed by atoms with E-state index < -0.39 is 10.0 Å². The molecule has 0 spiro atoms. The molecule has 2 rings (SSSR count). The summed E-state index contributed by atoms with van der Waals surface area (Å²) in [5.74, 6) is 0.939. The molecule has 0 bridgehead atoms. The van der Waals surface area contributed by atoms with Gasteiger partial charge in [-0.1, -0.05) is 0 Å². The number of aliphatic hydroxyl groups is 1. The number of nitrogens with zero attached hydrogens (tertiary/aromatic N) is 3. The number of aryl methyl sites for hydroxylation is 2. The van der Waals surface area contributed by atoms with Gasteiger partial charge >= 0.3 is 0 Å². The van der Waals surface area contributed by atoms with Gasteiger partial charge in [0.15, 0.2) is 5.03 Å². The van der Waals surface area contributed by atoms with Crippen molar-refractivity contribution in [1.82, 2.24) is 13.9 Å². The molecule has 1 atom stereocenters. The lowest BCUT2D eigenvalue weighted by atomic mass is 10.1. The Bertz CT molecular complexity index is 504. The highest BCUT2D eigenvalue weighted by Crippen LogP contribution is 2.25. The van der Waals surface area contributed by atoms with Crippen molar-refractivity contribution in [3.63, 3.8) is 0 Å². The maximum Gasteiger partial charge on any atom is 0.262 e. The first-order valence-electron chi connectivity index (χ1n) is 6.06. The second-order valence-corrected chi connectivity index (χ2v) is 6.65. The molecule has 6 nitrogen and oxygen atoms in total. The topological polar surface area (TPSA) is 75.4 Å². The second kappa shape index (κ2) is 4.99. The summed E-state index contributed by atoms with van der Waals surface area (Å²) in [6, 6.07) is 0. The summed E-state index contributed by atoms with van der Waals surface area (Å²) in [4.78, 5) is 4.08. The van der Waals surface area contributed by atoms with Crippen molar-refractivity contribution < 1.29 is 13.5 Å². The number of aliphatic hydroxyl groups excluding tert-OH is 1. The maximum atomic E-state index is 12.3. The van der Waals surface area contributed by atoms with Crippen LogP contribution in [0.2, 0.25) is 0 Å². The van der Waals surface area contributed by atoms with E-state index in [1.807, 2.05) is 0 Å². The fourth-order valence-corrected chi connectivity index (χ4v) is 3.77. The standard InChI is InChI=1S/C11H19N3O3S/c1-9-12-11(8-13(9)2)18(16,17)14-5-3-10(7-14)4-6-15/h8,10,15H,3-7H2,1-2H3. The molecule has 1 saturated heterocycles. The first kappa shape index (κ1) is 13.5. The van der Waals surface area contributed by atoms with E-state index in [2.05, 4.69) is 4.98 Å². The zero-order chi connectivity index (χ0) is 13.3. The zero-order valence-electron chi connectivity index (χ0n) is 10.7. The molecule has 18 heavy (non-hydrogen) atoms. The summed E-state index contributed by atoms with van der Waals surface area (Å²) in [5.41, 5.74) is 0. The molecule has 2 heterocycles. The van der Waals surface area contributed by atoms with Gasteiger partial charge in [0.25, 0.3) is 10.0 Å². The summed E-state index contributed by atoms with van der Waals surface area (Å²) < 4.78 is 27.8. The van der Waals surface area contributed by atoms with Gasteiger partial charge in [-0.05, 0) is 25.7 Å². The van der Waals surface area contributed by atoms with Gasteiger partial charge in [0.05, 0.1) is 0 Å². The number of rotatable bonds is 4. The van der Waals surface area contributed by atoms with E-state index in [1.165, 1.54) is 4.31 Å². The van der Waals surface area contributed by atoms with Crippen LogP contribution in [0.25, 0.3) is 0 Å². The average molecular weight is 273 g/mol. The lowest BCUT2D eigenvalue weighted by molar-refractivity contribution is 0.259. The van der Waals surface area contributed by atoms with Crippen LogP contribution in [-0.2, 0) is 17.1 Å². The Morgan fingerprint density at radius 2 is 2.28 bits per heavy atom. The fraction of sp³-hybridized carbons (Fsp3) is 0.727. The van der Waals surface area contributed by atoms with E-state index in [-0.39, 0.29) is 17.6 Å². The normalized spacial score (nSPS) is 21.6. The van der Waals surface area contributed by atoms with Crippen LogP contribution in [0.1, 0.15) is 18.7 Å². The minimum absolute atomic E-state index is 0.112. The predicted molar refractivity (Wildman–Crippen MR) is 66.5 cm³/mol. The van der Waals surface area contributed by atoms with E-state index in [4.69, 9.17) is 5.11 Å². The first-order valence-corrected chi connectivity index (χ1v) is 7.50. The van der Waals surface area contributed by atoms with Crippen molar-refractivity contribution in [1.29, 1.82) is 0 Å². The van der Waals surface area contributed by atoms with Gasteiger partial charge in [-0.3, -0.25) is 0 Å². The Kier molecular flexibility index (Phi) is 3.74. The summed E-state index contributed by atoms with van der Waals surface area (Å²) in [6.45, 7) is 2.89. The highest BCUT2D eigenvalue weighted by Gasteiger charge is 2.33. The van der Waals surface area contributed by atoms with Crippen LogP contribution in [0, 0.1) is 12.8 Å². The molecule has 0 amide bonds. The smallest absolute Gasteiger partial charge is 0.262 e. The zero-order valence-corrected chi connectivity index (χ0v) is 11.5. The van der Waals surface area contributed by atoms with Crippen LogP contribution in [-0.4, -0.2) is 47.1 Å². The molecule has 0 aliphatic carbocycles. The van der Waals surface area contributed by atoms with Crippen molar-refractivity contribution in [2.24, 2.45) is 13.0 Å². The summed E-state index contributed by atoms with van der Waals surface area (Å²) in [5, 5.41) is 9.01. The van der Waals surface area contributed by atoms with Gasteiger partial charge in [-0.2, -0.15) is 4.31 Å². The van der Waals surface area contributed by atoms with Crippen molar-refractivity contribution in [2.75, 3.05) is 19.7 Å². The largest absolute Gasteiger partial charge is 0.396 e. The van der Waals surface area contributed by atoms with E-state index in [0.717, 1.165) is 6.42 Å². The third kappa shape index (κ3) is 2.43. The fourth-order valence-electron chi connectivity index (χ4n) is 2.22. The molecular weight excluding hydrogens is 254 g/mol. The molecule has 7 heteroatoms. The number of aromatic nitrogens is 2. The Morgan fingerprint density at radius 1 is 1.56 bits per heavy atom. The summed E-state index contributed by atoms with van der Waals surface area (Å²) in [7, 11) is -1.69. The van der Waals surface area contributed by atoms with Crippen LogP contribution < -0.4 is 0 Å². The quantitative estimate of drug-likeness (QED) is 0.845. The predicted octanol–water partition coefficient (Wildman–Crippen LogP) is 0.122. The molecule has 1 fully saturated rings. The molecular formula is C11H19N3O3S. The van der Waals surface area contributed by atoms with Crippen LogP contribution in [0.15, 0.2) is 11.2 Å². The third-order valence-electron chi connectivity index (χ3n) is 3.48. The van der Waals surface area contributed by atoms with Crippen molar-refractivity contribution in [3.8, 4) is 0 Å². The Balaban J connectivity index is 2.17. The lowest BCUT2D eigenvalue weighted by Crippen LogP contribution is -2.29. The van der Waals surface area contributed by atoms with E-state index in [1.54, 1.807) is 24.7 Å². The summed E-state index contributed by atoms with van der Waals surface area (Å²) in [6.07, 6.45) is 3.02. The SMILES string of the molecule is Cc1nc(S(=O)(=O)N2CCC(CCO)C2)cn1C. The number of imidazole rings is 1. The molecule has 1 unspecified atom stereocenters. The number of hydrogen-bond donors (Lipinski definition) is 1. The van der Waals surface area contributed by atoms with Gasteiger partial charge in [-0.15, -0.1) is 0 Å². The molecule has 0 saturated carbocycles. The van der Waals surface area contributed by atoms with Gasteiger partial charge in [0.2, 0.25) is 0 Å². The number of hydrogen-bond acceptors (Lipinski definition) is 4. The third-order valence-corrected chi connectivity index (χ3v) is 5.21. The molecule has 1 N–H and O–H groups in total. The minimum Gasteiger partial charge on any atom is -0.396 e. The number of sulfonamides is 1. The van der Waals surface area contributed by atoms with Crippen LogP contribution in [0.4, 0.5) is 0 Å². The van der Waals surface area contributed by atoms with Crippen LogP contribution >= 0.6 is 0 Å². The molecule has 0 radical (unpaired) electrons. The van der Waals surface area contributed by atoms with Gasteiger partial charge < -0.3 is 9.67 Å². The van der Waals surface area contributed by atoms with Gasteiger partial charge in [0.1, 0.15) is 5.82 Å². The summed E-state index contributed by atoms with van der Waals surface area (Å²) >= 11 is 0. The van der Waals surface area contributed by atoms with Crippen LogP contribution in [0.5, 0.6) is 0 Å². The van der Waals surface area contributed by atoms with E-state index in [9.17, 15) is 8.42 Å². The highest BCUT2D eigenvalue weighted by atomic mass is 32.2. The first-order chi connectivity index (χ1) is 8.45. The Morgan fingerprint density at radius 3 is 2.83 bits per heavy atom. The minimum atomic E-state index is -3.47. The van der Waals surface area contributed by atoms with Crippen molar-refractivity contribution in [3.05, 3.63) is 12.0 Å². The monoisotopic (exact) mass is 273 g/mol. The van der Waals surface area contributed by atoms with E-state index >= 15 is 0 Å². The van der Waals surface area contributed by atoms with Crippen molar-refractivity contribution >= 4 is 10.0 Å². The Labute approximate surface area is 107 Å².